The van der Waals surface area contributed by atoms with E-state index in [-0.39, 0.29) is 48.4 Å². The number of non-ortho nitro benzene ring substituents is 1. The van der Waals surface area contributed by atoms with Crippen molar-refractivity contribution in [1.82, 2.24) is 4.90 Å². The van der Waals surface area contributed by atoms with Crippen LogP contribution in [0.15, 0.2) is 66.4 Å². The smallest absolute Gasteiger partial charge is 0.355 e. The highest BCUT2D eigenvalue weighted by molar-refractivity contribution is 6.69. The molecule has 3 aromatic rings. The number of nitrogens with zero attached hydrogens (tertiary/aromatic N) is 2. The molecule has 1 N–H and O–H groups in total. The molecule has 1 fully saturated rings. The minimum absolute atomic E-state index is 0.0696. The molecule has 6 rings (SSSR count). The maximum Gasteiger partial charge on any atom is 0.355 e. The Bertz CT molecular complexity index is 1760. The van der Waals surface area contributed by atoms with E-state index in [1.807, 2.05) is 19.1 Å². The van der Waals surface area contributed by atoms with E-state index in [4.69, 9.17) is 9.16 Å². The van der Waals surface area contributed by atoms with Crippen molar-refractivity contribution in [2.75, 3.05) is 0 Å². The molecule has 11 heteroatoms. The van der Waals surface area contributed by atoms with Gasteiger partial charge in [-0.15, -0.1) is 0 Å². The maximum atomic E-state index is 13.7. The molecule has 1 amide bonds. The number of amides is 1. The fraction of sp³-hybridized carbons (Fsp3) is 0.303. The Kier molecular flexibility index (Phi) is 7.35. The van der Waals surface area contributed by atoms with E-state index < -0.39 is 25.1 Å². The van der Waals surface area contributed by atoms with Crippen LogP contribution in [0, 0.1) is 16.0 Å². The summed E-state index contributed by atoms with van der Waals surface area (Å²) in [5.74, 6) is -1.41. The van der Waals surface area contributed by atoms with Crippen molar-refractivity contribution in [3.8, 4) is 11.1 Å². The summed E-state index contributed by atoms with van der Waals surface area (Å²) in [6, 6.07) is 16.2. The normalized spacial score (nSPS) is 19.3. The molecule has 10 nitrogen and oxygen atoms in total. The monoisotopic (exact) mass is 612 g/mol. The number of hydrogen-bond acceptors (Lipinski definition) is 8. The van der Waals surface area contributed by atoms with Crippen molar-refractivity contribution in [3.05, 3.63) is 104 Å². The molecular weight excluding hydrogens is 580 g/mol. The zero-order valence-electron chi connectivity index (χ0n) is 24.8. The van der Waals surface area contributed by atoms with Gasteiger partial charge in [0, 0.05) is 23.3 Å². The van der Waals surface area contributed by atoms with Crippen molar-refractivity contribution in [2.24, 2.45) is 5.92 Å². The first-order chi connectivity index (χ1) is 20.9. The molecule has 0 unspecified atom stereocenters. The average Bonchev–Trinajstić information content (AvgIpc) is 3.47. The van der Waals surface area contributed by atoms with E-state index in [0.717, 1.165) is 11.1 Å². The lowest BCUT2D eigenvalue weighted by Crippen LogP contribution is -2.63. The Balaban J connectivity index is 1.35. The molecule has 0 radical (unpaired) electrons. The third kappa shape index (κ3) is 5.06. The van der Waals surface area contributed by atoms with Crippen LogP contribution < -0.4 is 0 Å². The molecule has 1 saturated heterocycles. The summed E-state index contributed by atoms with van der Waals surface area (Å²) >= 11 is 0. The molecule has 2 heterocycles. The minimum atomic E-state index is -1.94. The Morgan fingerprint density at radius 2 is 1.68 bits per heavy atom. The third-order valence-corrected chi connectivity index (χ3v) is 9.46. The van der Waals surface area contributed by atoms with Crippen molar-refractivity contribution in [2.45, 2.75) is 58.3 Å². The number of rotatable bonds is 9. The number of hydrogen-bond donors (Lipinski definition) is 1. The zero-order chi connectivity index (χ0) is 31.5. The highest BCUT2D eigenvalue weighted by atomic mass is 28.4. The summed E-state index contributed by atoms with van der Waals surface area (Å²) in [4.78, 5) is 52.5. The maximum absolute atomic E-state index is 13.7. The van der Waals surface area contributed by atoms with Crippen LogP contribution in [0.1, 0.15) is 46.0 Å². The van der Waals surface area contributed by atoms with Crippen LogP contribution >= 0.6 is 0 Å². The predicted octanol–water partition coefficient (Wildman–Crippen LogP) is 5.22. The molecule has 1 aliphatic carbocycles. The van der Waals surface area contributed by atoms with Crippen molar-refractivity contribution in [3.63, 3.8) is 0 Å². The number of ketones is 1. The van der Waals surface area contributed by atoms with Gasteiger partial charge in [0.1, 0.15) is 12.3 Å². The first-order valence-electron chi connectivity index (χ1n) is 14.5. The Morgan fingerprint density at radius 3 is 2.34 bits per heavy atom. The lowest BCUT2D eigenvalue weighted by Gasteiger charge is -2.47. The third-order valence-electron chi connectivity index (χ3n) is 8.38. The van der Waals surface area contributed by atoms with E-state index in [1.54, 1.807) is 24.3 Å². The van der Waals surface area contributed by atoms with Crippen LogP contribution in [-0.2, 0) is 32.0 Å². The van der Waals surface area contributed by atoms with Crippen LogP contribution in [0.5, 0.6) is 0 Å². The lowest BCUT2D eigenvalue weighted by atomic mass is 9.82. The number of nitro groups is 1. The lowest BCUT2D eigenvalue weighted by molar-refractivity contribution is -0.384. The van der Waals surface area contributed by atoms with Crippen LogP contribution in [0.3, 0.4) is 0 Å². The van der Waals surface area contributed by atoms with E-state index >= 15 is 0 Å². The predicted molar refractivity (Wildman–Crippen MR) is 164 cm³/mol. The number of carbonyl (C=O) groups is 3. The van der Waals surface area contributed by atoms with Crippen LogP contribution in [0.4, 0.5) is 5.69 Å². The average molecular weight is 613 g/mol. The van der Waals surface area contributed by atoms with Crippen molar-refractivity contribution < 1.29 is 33.6 Å². The topological polar surface area (TPSA) is 136 Å². The quantitative estimate of drug-likeness (QED) is 0.0893. The van der Waals surface area contributed by atoms with Gasteiger partial charge in [-0.05, 0) is 96.7 Å². The van der Waals surface area contributed by atoms with Gasteiger partial charge >= 0.3 is 5.97 Å². The van der Waals surface area contributed by atoms with Gasteiger partial charge in [-0.1, -0.05) is 18.2 Å². The van der Waals surface area contributed by atoms with Gasteiger partial charge in [-0.25, -0.2) is 4.79 Å². The number of β-lactam (4-membered cyclic amide) rings is 1. The number of aliphatic hydroxyl groups is 1. The summed E-state index contributed by atoms with van der Waals surface area (Å²) in [6.45, 7) is 7.80. The van der Waals surface area contributed by atoms with Crippen molar-refractivity contribution >= 4 is 37.2 Å². The highest BCUT2D eigenvalue weighted by Crippen LogP contribution is 2.49. The molecule has 3 aliphatic rings. The number of fused-ring (bicyclic) bond motifs is 4. The molecule has 3 atom stereocenters. The Labute approximate surface area is 255 Å². The Hall–Kier alpha value is -4.45. The van der Waals surface area contributed by atoms with Gasteiger partial charge in [0.05, 0.1) is 29.6 Å². The van der Waals surface area contributed by atoms with E-state index in [0.29, 0.717) is 39.8 Å². The van der Waals surface area contributed by atoms with E-state index in [9.17, 15) is 29.6 Å². The summed E-state index contributed by atoms with van der Waals surface area (Å²) in [5.41, 5.74) is 5.19. The highest BCUT2D eigenvalue weighted by Gasteiger charge is 2.58. The number of esters is 1. The molecule has 0 bridgehead atoms. The number of benzene rings is 3. The summed E-state index contributed by atoms with van der Waals surface area (Å²) in [6.07, 6.45) is 0.0956. The molecule has 226 valence electrons. The number of carbonyl (C=O) groups excluding carboxylic acids is 3. The first-order valence-corrected chi connectivity index (χ1v) is 17.9. The minimum Gasteiger partial charge on any atom is -0.456 e. The SMILES string of the molecule is C[C@@H](O[Si](C)(C)C)[C@H]1C(=O)N2C(C(=O)OCc3ccc([N+](=O)[O-])cc3)=C(c3ccc4c(c3)-c3ccc(CO)cc3C4=O)C[C@H]12. The second-order valence-electron chi connectivity index (χ2n) is 12.4. The van der Waals surface area contributed by atoms with E-state index in [1.165, 1.54) is 29.2 Å². The molecule has 0 saturated carbocycles. The van der Waals surface area contributed by atoms with Gasteiger partial charge in [-0.2, -0.15) is 0 Å². The van der Waals surface area contributed by atoms with E-state index in [2.05, 4.69) is 19.6 Å². The molecule has 3 aromatic carbocycles. The largest absolute Gasteiger partial charge is 0.456 e. The summed E-state index contributed by atoms with van der Waals surface area (Å²) in [7, 11) is -1.94. The molecule has 2 aliphatic heterocycles. The van der Waals surface area contributed by atoms with Crippen molar-refractivity contribution in [1.29, 1.82) is 0 Å². The Morgan fingerprint density at radius 1 is 1.00 bits per heavy atom. The first kappa shape index (κ1) is 29.6. The summed E-state index contributed by atoms with van der Waals surface area (Å²) < 4.78 is 11.9. The fourth-order valence-electron chi connectivity index (χ4n) is 6.47. The van der Waals surface area contributed by atoms with Crippen LogP contribution in [0.2, 0.25) is 19.6 Å². The standard InChI is InChI=1S/C33H32N2O8Si/c1-18(43-44(2,3)4)29-28-15-25(21-8-12-24-26(14-21)23-11-7-20(16-36)13-27(23)31(24)37)30(34(28)32(29)38)33(39)42-17-19-5-9-22(10-6-19)35(40)41/h5-14,18,28-29,36H,15-17H2,1-4H3/t18-,28-,29-/m1/s1. The van der Waals surface area contributed by atoms with Gasteiger partial charge in [-0.3, -0.25) is 19.7 Å². The van der Waals surface area contributed by atoms with Gasteiger partial charge in [0.25, 0.3) is 5.69 Å². The van der Waals surface area contributed by atoms with Gasteiger partial charge < -0.3 is 19.2 Å². The number of ether oxygens (including phenoxy) is 1. The molecule has 0 aromatic heterocycles. The fourth-order valence-corrected chi connectivity index (χ4v) is 7.74. The van der Waals surface area contributed by atoms with Gasteiger partial charge in [0.15, 0.2) is 14.1 Å². The second kappa shape index (κ2) is 10.9. The molecule has 44 heavy (non-hydrogen) atoms. The van der Waals surface area contributed by atoms with Crippen LogP contribution in [-0.4, -0.2) is 53.1 Å². The van der Waals surface area contributed by atoms with Gasteiger partial charge in [0.2, 0.25) is 5.91 Å². The number of aliphatic hydroxyl groups excluding tert-OH is 1. The molecular formula is C33H32N2O8Si. The number of nitro benzene ring substituents is 1. The zero-order valence-corrected chi connectivity index (χ0v) is 25.8. The molecule has 0 spiro atoms. The van der Waals surface area contributed by atoms with Crippen LogP contribution in [0.25, 0.3) is 16.7 Å². The second-order valence-corrected chi connectivity index (χ2v) is 16.9. The summed E-state index contributed by atoms with van der Waals surface area (Å²) in [5, 5.41) is 20.6.